The van der Waals surface area contributed by atoms with E-state index >= 15 is 0 Å². The van der Waals surface area contributed by atoms with Gasteiger partial charge in [0.05, 0.1) is 0 Å². The van der Waals surface area contributed by atoms with Crippen molar-refractivity contribution < 1.29 is 0 Å². The van der Waals surface area contributed by atoms with Crippen molar-refractivity contribution in [2.75, 3.05) is 0 Å². The quantitative estimate of drug-likeness (QED) is 0.704. The van der Waals surface area contributed by atoms with Crippen LogP contribution in [0.1, 0.15) is 84.0 Å². The molecule has 2 unspecified atom stereocenters. The molecule has 100 valence electrons. The fraction of sp³-hybridized carbons (Fsp3) is 1.00. The molecule has 2 saturated carbocycles. The molecule has 2 aliphatic rings. The molecule has 2 aliphatic carbocycles. The second-order valence-corrected chi connectivity index (χ2v) is 6.33. The minimum Gasteiger partial charge on any atom is -0.311 e. The van der Waals surface area contributed by atoms with Crippen molar-refractivity contribution >= 4 is 0 Å². The molecule has 0 spiro atoms. The maximum Gasteiger partial charge on any atom is 0.00697 e. The first-order chi connectivity index (χ1) is 8.38. The normalized spacial score (nSPS) is 33.0. The van der Waals surface area contributed by atoms with Crippen molar-refractivity contribution in [2.24, 2.45) is 5.92 Å². The van der Waals surface area contributed by atoms with Crippen LogP contribution in [-0.2, 0) is 0 Å². The summed E-state index contributed by atoms with van der Waals surface area (Å²) < 4.78 is 0. The molecule has 0 amide bonds. The highest BCUT2D eigenvalue weighted by atomic mass is 14.9. The van der Waals surface area contributed by atoms with Crippen molar-refractivity contribution in [3.8, 4) is 0 Å². The van der Waals surface area contributed by atoms with Crippen molar-refractivity contribution in [3.63, 3.8) is 0 Å². The Kier molecular flexibility index (Phi) is 5.84. The molecule has 1 heteroatoms. The van der Waals surface area contributed by atoms with Crippen LogP contribution in [0, 0.1) is 5.92 Å². The first-order valence-electron chi connectivity index (χ1n) is 8.14. The van der Waals surface area contributed by atoms with Gasteiger partial charge in [-0.15, -0.1) is 0 Å². The zero-order valence-electron chi connectivity index (χ0n) is 11.7. The van der Waals surface area contributed by atoms with Crippen LogP contribution in [0.3, 0.4) is 0 Å². The lowest BCUT2D eigenvalue weighted by atomic mass is 9.97. The molecule has 0 saturated heterocycles. The molecule has 0 aromatic rings. The molecule has 0 aliphatic heterocycles. The lowest BCUT2D eigenvalue weighted by Crippen LogP contribution is -2.37. The third-order valence-corrected chi connectivity index (χ3v) is 4.99. The maximum atomic E-state index is 3.98. The van der Waals surface area contributed by atoms with Crippen LogP contribution in [0.2, 0.25) is 0 Å². The Hall–Kier alpha value is -0.0400. The van der Waals surface area contributed by atoms with E-state index in [0.29, 0.717) is 0 Å². The van der Waals surface area contributed by atoms with Crippen LogP contribution in [0.25, 0.3) is 0 Å². The standard InChI is InChI=1S/C16H31N/c1-2-14-8-7-11-16(13-12-14)17-15-9-5-3-4-6-10-15/h14-17H,2-13H2,1H3. The smallest absolute Gasteiger partial charge is 0.00697 e. The Labute approximate surface area is 108 Å². The fourth-order valence-electron chi connectivity index (χ4n) is 3.73. The van der Waals surface area contributed by atoms with Crippen LogP contribution < -0.4 is 5.32 Å². The zero-order valence-corrected chi connectivity index (χ0v) is 11.7. The molecular formula is C16H31N. The summed E-state index contributed by atoms with van der Waals surface area (Å²) in [5, 5.41) is 3.98. The Morgan fingerprint density at radius 1 is 0.706 bits per heavy atom. The molecule has 1 N–H and O–H groups in total. The van der Waals surface area contributed by atoms with Crippen molar-refractivity contribution in [3.05, 3.63) is 0 Å². The third kappa shape index (κ3) is 4.62. The largest absolute Gasteiger partial charge is 0.311 e. The van der Waals surface area contributed by atoms with Crippen LogP contribution in [0.4, 0.5) is 0 Å². The minimum absolute atomic E-state index is 0.842. The number of nitrogens with one attached hydrogen (secondary N) is 1. The average Bonchev–Trinajstić information content (AvgIpc) is 2.72. The van der Waals surface area contributed by atoms with Gasteiger partial charge in [0.2, 0.25) is 0 Å². The zero-order chi connectivity index (χ0) is 11.9. The molecule has 1 nitrogen and oxygen atoms in total. The summed E-state index contributed by atoms with van der Waals surface area (Å²) in [4.78, 5) is 0. The Balaban J connectivity index is 1.73. The number of hydrogen-bond acceptors (Lipinski definition) is 1. The Morgan fingerprint density at radius 3 is 2.06 bits per heavy atom. The molecular weight excluding hydrogens is 206 g/mol. The molecule has 2 fully saturated rings. The second-order valence-electron chi connectivity index (χ2n) is 6.33. The van der Waals surface area contributed by atoms with Crippen molar-refractivity contribution in [1.82, 2.24) is 5.32 Å². The molecule has 2 atom stereocenters. The highest BCUT2D eigenvalue weighted by molar-refractivity contribution is 4.79. The van der Waals surface area contributed by atoms with Gasteiger partial charge in [-0.05, 0) is 38.0 Å². The average molecular weight is 237 g/mol. The van der Waals surface area contributed by atoms with E-state index < -0.39 is 0 Å². The van der Waals surface area contributed by atoms with E-state index in [2.05, 4.69) is 12.2 Å². The molecule has 0 aromatic heterocycles. The summed E-state index contributed by atoms with van der Waals surface area (Å²) >= 11 is 0. The van der Waals surface area contributed by atoms with E-state index in [1.54, 1.807) is 0 Å². The maximum absolute atomic E-state index is 3.98. The Bertz CT molecular complexity index is 194. The van der Waals surface area contributed by atoms with Crippen LogP contribution in [0.15, 0.2) is 0 Å². The number of hydrogen-bond donors (Lipinski definition) is 1. The van der Waals surface area contributed by atoms with Crippen molar-refractivity contribution in [1.29, 1.82) is 0 Å². The second kappa shape index (κ2) is 7.41. The molecule has 0 bridgehead atoms. The summed E-state index contributed by atoms with van der Waals surface area (Å²) in [7, 11) is 0. The monoisotopic (exact) mass is 237 g/mol. The summed E-state index contributed by atoms with van der Waals surface area (Å²) in [5.41, 5.74) is 0. The summed E-state index contributed by atoms with van der Waals surface area (Å²) in [6.07, 6.45) is 17.4. The highest BCUT2D eigenvalue weighted by Gasteiger charge is 2.20. The van der Waals surface area contributed by atoms with Crippen LogP contribution >= 0.6 is 0 Å². The van der Waals surface area contributed by atoms with Gasteiger partial charge in [-0.1, -0.05) is 51.9 Å². The van der Waals surface area contributed by atoms with Crippen LogP contribution in [0.5, 0.6) is 0 Å². The van der Waals surface area contributed by atoms with Gasteiger partial charge in [-0.2, -0.15) is 0 Å². The van der Waals surface area contributed by atoms with E-state index in [9.17, 15) is 0 Å². The molecule has 0 heterocycles. The highest BCUT2D eigenvalue weighted by Crippen LogP contribution is 2.27. The van der Waals surface area contributed by atoms with Crippen molar-refractivity contribution in [2.45, 2.75) is 96.1 Å². The van der Waals surface area contributed by atoms with E-state index in [4.69, 9.17) is 0 Å². The number of rotatable bonds is 3. The first kappa shape index (κ1) is 13.4. The molecule has 17 heavy (non-hydrogen) atoms. The van der Waals surface area contributed by atoms with E-state index in [1.807, 2.05) is 0 Å². The van der Waals surface area contributed by atoms with Gasteiger partial charge < -0.3 is 5.32 Å². The lowest BCUT2D eigenvalue weighted by Gasteiger charge is -2.24. The fourth-order valence-corrected chi connectivity index (χ4v) is 3.73. The molecule has 2 rings (SSSR count). The van der Waals surface area contributed by atoms with Gasteiger partial charge in [0.1, 0.15) is 0 Å². The van der Waals surface area contributed by atoms with Crippen LogP contribution in [-0.4, -0.2) is 12.1 Å². The predicted octanol–water partition coefficient (Wildman–Crippen LogP) is 4.66. The molecule has 0 radical (unpaired) electrons. The topological polar surface area (TPSA) is 12.0 Å². The van der Waals surface area contributed by atoms with Gasteiger partial charge in [0.15, 0.2) is 0 Å². The summed E-state index contributed by atoms with van der Waals surface area (Å²) in [6.45, 7) is 2.36. The van der Waals surface area contributed by atoms with E-state index in [1.165, 1.54) is 77.0 Å². The Morgan fingerprint density at radius 2 is 1.35 bits per heavy atom. The van der Waals surface area contributed by atoms with E-state index in [0.717, 1.165) is 18.0 Å². The van der Waals surface area contributed by atoms with E-state index in [-0.39, 0.29) is 0 Å². The minimum atomic E-state index is 0.842. The first-order valence-corrected chi connectivity index (χ1v) is 8.14. The third-order valence-electron chi connectivity index (χ3n) is 4.99. The van der Waals surface area contributed by atoms with Gasteiger partial charge in [-0.3, -0.25) is 0 Å². The summed E-state index contributed by atoms with van der Waals surface area (Å²) in [6, 6.07) is 1.69. The summed E-state index contributed by atoms with van der Waals surface area (Å²) in [5.74, 6) is 1.02. The van der Waals surface area contributed by atoms with Gasteiger partial charge >= 0.3 is 0 Å². The van der Waals surface area contributed by atoms with Gasteiger partial charge in [-0.25, -0.2) is 0 Å². The predicted molar refractivity (Wildman–Crippen MR) is 75.3 cm³/mol. The van der Waals surface area contributed by atoms with Gasteiger partial charge in [0.25, 0.3) is 0 Å². The lowest BCUT2D eigenvalue weighted by molar-refractivity contribution is 0.361. The SMILES string of the molecule is CCC1CCCC(NC2CCCCCC2)CC1. The van der Waals surface area contributed by atoms with Gasteiger partial charge in [0, 0.05) is 12.1 Å². The molecule has 0 aromatic carbocycles.